The zero-order chi connectivity index (χ0) is 23.6. The molecule has 0 aromatic heterocycles. The molecule has 5 nitrogen and oxygen atoms in total. The molecular formula is C29H35N3O2. The van der Waals surface area contributed by atoms with Crippen molar-refractivity contribution in [3.05, 3.63) is 84.4 Å². The molecule has 3 aromatic rings. The van der Waals surface area contributed by atoms with Gasteiger partial charge >= 0.3 is 0 Å². The van der Waals surface area contributed by atoms with Crippen LogP contribution in [-0.4, -0.2) is 50.6 Å². The van der Waals surface area contributed by atoms with Gasteiger partial charge in [0, 0.05) is 44.8 Å². The molecule has 1 amide bonds. The number of carbonyl (C=O) groups is 1. The summed E-state index contributed by atoms with van der Waals surface area (Å²) in [5.41, 5.74) is 4.76. The van der Waals surface area contributed by atoms with E-state index in [9.17, 15) is 4.79 Å². The Balaban J connectivity index is 1.13. The first-order chi connectivity index (χ1) is 16.7. The molecule has 0 bridgehead atoms. The van der Waals surface area contributed by atoms with Gasteiger partial charge in [0.25, 0.3) is 0 Å². The van der Waals surface area contributed by atoms with Gasteiger partial charge in [0.1, 0.15) is 5.75 Å². The highest BCUT2D eigenvalue weighted by molar-refractivity contribution is 5.76. The number of rotatable bonds is 10. The van der Waals surface area contributed by atoms with Crippen molar-refractivity contribution >= 4 is 11.6 Å². The third-order valence-electron chi connectivity index (χ3n) is 6.52. The van der Waals surface area contributed by atoms with Crippen LogP contribution in [0.5, 0.6) is 5.75 Å². The van der Waals surface area contributed by atoms with Crippen molar-refractivity contribution in [1.82, 2.24) is 10.2 Å². The molecule has 1 fully saturated rings. The maximum atomic E-state index is 12.4. The monoisotopic (exact) mass is 457 g/mol. The van der Waals surface area contributed by atoms with E-state index in [2.05, 4.69) is 51.5 Å². The number of methoxy groups -OCH3 is 1. The smallest absolute Gasteiger partial charge is 0.220 e. The van der Waals surface area contributed by atoms with Crippen molar-refractivity contribution in [2.75, 3.05) is 44.7 Å². The van der Waals surface area contributed by atoms with Crippen LogP contribution in [-0.2, 0) is 11.3 Å². The number of benzene rings is 3. The summed E-state index contributed by atoms with van der Waals surface area (Å²) >= 11 is 0. The summed E-state index contributed by atoms with van der Waals surface area (Å²) in [5, 5.41) is 3.11. The fourth-order valence-corrected chi connectivity index (χ4v) is 4.50. The molecule has 0 unspecified atom stereocenters. The van der Waals surface area contributed by atoms with Crippen LogP contribution in [0.2, 0.25) is 0 Å². The largest absolute Gasteiger partial charge is 0.497 e. The lowest BCUT2D eigenvalue weighted by Crippen LogP contribution is -2.46. The summed E-state index contributed by atoms with van der Waals surface area (Å²) in [6.45, 7) is 5.82. The zero-order valence-corrected chi connectivity index (χ0v) is 20.1. The van der Waals surface area contributed by atoms with Gasteiger partial charge in [-0.05, 0) is 60.3 Å². The van der Waals surface area contributed by atoms with E-state index in [1.165, 1.54) is 16.8 Å². The molecule has 1 saturated heterocycles. The maximum Gasteiger partial charge on any atom is 0.220 e. The Morgan fingerprint density at radius 1 is 0.853 bits per heavy atom. The average Bonchev–Trinajstić information content (AvgIpc) is 2.91. The van der Waals surface area contributed by atoms with Crippen LogP contribution >= 0.6 is 0 Å². The van der Waals surface area contributed by atoms with E-state index in [-0.39, 0.29) is 5.91 Å². The molecule has 0 saturated carbocycles. The zero-order valence-electron chi connectivity index (χ0n) is 20.1. The Hall–Kier alpha value is -3.31. The third kappa shape index (κ3) is 6.61. The van der Waals surface area contributed by atoms with Crippen molar-refractivity contribution in [3.8, 4) is 16.9 Å². The van der Waals surface area contributed by atoms with Crippen molar-refractivity contribution in [2.24, 2.45) is 0 Å². The SMILES string of the molecule is COc1ccc(N2CCN(CCCCC(=O)NCc3ccccc3-c3ccccc3)CC2)cc1. The number of amides is 1. The number of unbranched alkanes of at least 4 members (excludes halogenated alkanes) is 1. The Bertz CT molecular complexity index is 1030. The number of carbonyl (C=O) groups excluding carboxylic acids is 1. The first-order valence-corrected chi connectivity index (χ1v) is 12.2. The van der Waals surface area contributed by atoms with Crippen LogP contribution in [0, 0.1) is 0 Å². The first-order valence-electron chi connectivity index (χ1n) is 12.2. The van der Waals surface area contributed by atoms with E-state index in [4.69, 9.17) is 4.74 Å². The average molecular weight is 458 g/mol. The van der Waals surface area contributed by atoms with E-state index in [1.54, 1.807) is 7.11 Å². The molecule has 3 aromatic carbocycles. The molecule has 1 heterocycles. The third-order valence-corrected chi connectivity index (χ3v) is 6.52. The van der Waals surface area contributed by atoms with Crippen molar-refractivity contribution in [2.45, 2.75) is 25.8 Å². The van der Waals surface area contributed by atoms with Crippen molar-refractivity contribution < 1.29 is 9.53 Å². The Morgan fingerprint density at radius 3 is 2.29 bits per heavy atom. The van der Waals surface area contributed by atoms with Crippen LogP contribution < -0.4 is 15.0 Å². The summed E-state index contributed by atoms with van der Waals surface area (Å²) in [7, 11) is 1.70. The number of ether oxygens (including phenoxy) is 1. The predicted molar refractivity (Wildman–Crippen MR) is 139 cm³/mol. The molecule has 4 rings (SSSR count). The standard InChI is InChI=1S/C29H35N3O2/c1-34-27-16-14-26(15-17-27)32-21-19-31(20-22-32)18-8-7-13-29(33)30-23-25-11-5-6-12-28(25)24-9-3-2-4-10-24/h2-6,9-12,14-17H,7-8,13,18-23H2,1H3,(H,30,33). The van der Waals surface area contributed by atoms with Crippen LogP contribution in [0.4, 0.5) is 5.69 Å². The van der Waals surface area contributed by atoms with Gasteiger partial charge in [0.2, 0.25) is 5.91 Å². The van der Waals surface area contributed by atoms with Gasteiger partial charge in [0.15, 0.2) is 0 Å². The molecule has 0 radical (unpaired) electrons. The molecule has 1 N–H and O–H groups in total. The van der Waals surface area contributed by atoms with Gasteiger partial charge in [-0.15, -0.1) is 0 Å². The van der Waals surface area contributed by atoms with E-state index in [0.717, 1.165) is 56.9 Å². The maximum absolute atomic E-state index is 12.4. The van der Waals surface area contributed by atoms with E-state index >= 15 is 0 Å². The number of hydrogen-bond donors (Lipinski definition) is 1. The molecule has 0 aliphatic carbocycles. The summed E-state index contributed by atoms with van der Waals surface area (Å²) in [6.07, 6.45) is 2.56. The number of hydrogen-bond acceptors (Lipinski definition) is 4. The lowest BCUT2D eigenvalue weighted by molar-refractivity contribution is -0.121. The second kappa shape index (κ2) is 12.2. The lowest BCUT2D eigenvalue weighted by Gasteiger charge is -2.36. The Labute approximate surface area is 203 Å². The number of piperazine rings is 1. The minimum absolute atomic E-state index is 0.132. The van der Waals surface area contributed by atoms with Gasteiger partial charge in [-0.1, -0.05) is 54.6 Å². The Morgan fingerprint density at radius 2 is 1.56 bits per heavy atom. The molecule has 1 aliphatic rings. The van der Waals surface area contributed by atoms with E-state index in [0.29, 0.717) is 13.0 Å². The molecule has 0 spiro atoms. The summed E-state index contributed by atoms with van der Waals surface area (Å²) < 4.78 is 5.25. The van der Waals surface area contributed by atoms with Crippen LogP contribution in [0.15, 0.2) is 78.9 Å². The van der Waals surface area contributed by atoms with Crippen molar-refractivity contribution in [3.63, 3.8) is 0 Å². The highest BCUT2D eigenvalue weighted by atomic mass is 16.5. The van der Waals surface area contributed by atoms with Crippen LogP contribution in [0.3, 0.4) is 0 Å². The van der Waals surface area contributed by atoms with Gasteiger partial charge in [0.05, 0.1) is 7.11 Å². The summed E-state index contributed by atoms with van der Waals surface area (Å²) in [6, 6.07) is 26.9. The molecule has 178 valence electrons. The minimum Gasteiger partial charge on any atom is -0.497 e. The van der Waals surface area contributed by atoms with Gasteiger partial charge < -0.3 is 15.0 Å². The second-order valence-corrected chi connectivity index (χ2v) is 8.78. The number of anilines is 1. The number of nitrogens with one attached hydrogen (secondary N) is 1. The highest BCUT2D eigenvalue weighted by Gasteiger charge is 2.17. The predicted octanol–water partition coefficient (Wildman–Crippen LogP) is 4.97. The van der Waals surface area contributed by atoms with E-state index in [1.807, 2.05) is 42.5 Å². The Kier molecular flexibility index (Phi) is 8.58. The fraction of sp³-hybridized carbons (Fsp3) is 0.345. The van der Waals surface area contributed by atoms with E-state index < -0.39 is 0 Å². The van der Waals surface area contributed by atoms with Crippen LogP contribution in [0.25, 0.3) is 11.1 Å². The highest BCUT2D eigenvalue weighted by Crippen LogP contribution is 2.23. The summed E-state index contributed by atoms with van der Waals surface area (Å²) in [5.74, 6) is 1.03. The molecule has 1 aliphatic heterocycles. The van der Waals surface area contributed by atoms with Crippen LogP contribution in [0.1, 0.15) is 24.8 Å². The molecular weight excluding hydrogens is 422 g/mol. The van der Waals surface area contributed by atoms with Crippen molar-refractivity contribution in [1.29, 1.82) is 0 Å². The minimum atomic E-state index is 0.132. The van der Waals surface area contributed by atoms with Gasteiger partial charge in [-0.2, -0.15) is 0 Å². The fourth-order valence-electron chi connectivity index (χ4n) is 4.50. The van der Waals surface area contributed by atoms with Gasteiger partial charge in [-0.3, -0.25) is 9.69 Å². The summed E-state index contributed by atoms with van der Waals surface area (Å²) in [4.78, 5) is 17.4. The second-order valence-electron chi connectivity index (χ2n) is 8.78. The first kappa shape index (κ1) is 23.8. The van der Waals surface area contributed by atoms with Gasteiger partial charge in [-0.25, -0.2) is 0 Å². The quantitative estimate of drug-likeness (QED) is 0.437. The number of nitrogens with zero attached hydrogens (tertiary/aromatic N) is 2. The topological polar surface area (TPSA) is 44.8 Å². The molecule has 0 atom stereocenters. The normalized spacial score (nSPS) is 14.1. The molecule has 34 heavy (non-hydrogen) atoms. The molecule has 5 heteroatoms. The lowest BCUT2D eigenvalue weighted by atomic mass is 10.00.